The van der Waals surface area contributed by atoms with Crippen molar-refractivity contribution >= 4 is 11.8 Å². The normalized spacial score (nSPS) is 31.0. The van der Waals surface area contributed by atoms with Gasteiger partial charge in [0, 0.05) is 5.75 Å². The minimum Gasteiger partial charge on any atom is -0.298 e. The molecule has 1 N–H and O–H groups in total. The summed E-state index contributed by atoms with van der Waals surface area (Å²) in [7, 11) is 0. The van der Waals surface area contributed by atoms with Crippen LogP contribution >= 0.6 is 11.8 Å². The molecule has 1 aliphatic rings. The summed E-state index contributed by atoms with van der Waals surface area (Å²) in [6, 6.07) is 2.51. The molecule has 0 aromatic heterocycles. The molecule has 0 saturated carbocycles. The zero-order valence-electron chi connectivity index (χ0n) is 9.39. The minimum absolute atomic E-state index is 0.0994. The fraction of sp³-hybridized carbons (Fsp3) is 0.909. The third-order valence-electron chi connectivity index (χ3n) is 3.21. The minimum atomic E-state index is -0.314. The first-order valence-corrected chi connectivity index (χ1v) is 6.47. The Morgan fingerprint density at radius 2 is 2.21 bits per heavy atom. The molecular formula is C11H20N2S. The van der Waals surface area contributed by atoms with Gasteiger partial charge in [0.15, 0.2) is 0 Å². The van der Waals surface area contributed by atoms with E-state index in [0.29, 0.717) is 0 Å². The van der Waals surface area contributed by atoms with Gasteiger partial charge in [-0.25, -0.2) is 0 Å². The molecule has 0 radical (unpaired) electrons. The summed E-state index contributed by atoms with van der Waals surface area (Å²) in [5.74, 6) is 2.11. The van der Waals surface area contributed by atoms with Crippen molar-refractivity contribution in [1.82, 2.24) is 5.32 Å². The lowest BCUT2D eigenvalue weighted by Gasteiger charge is -2.45. The van der Waals surface area contributed by atoms with Gasteiger partial charge in [0.2, 0.25) is 0 Å². The van der Waals surface area contributed by atoms with Crippen LogP contribution in [0.2, 0.25) is 0 Å². The fourth-order valence-corrected chi connectivity index (χ4v) is 3.48. The maximum absolute atomic E-state index is 9.38. The molecule has 1 saturated heterocycles. The number of nitrogens with one attached hydrogen (secondary N) is 1. The molecule has 1 unspecified atom stereocenters. The van der Waals surface area contributed by atoms with E-state index in [1.807, 2.05) is 11.8 Å². The van der Waals surface area contributed by atoms with Crippen molar-refractivity contribution in [2.45, 2.75) is 39.2 Å². The Morgan fingerprint density at radius 1 is 1.50 bits per heavy atom. The Kier molecular flexibility index (Phi) is 3.86. The van der Waals surface area contributed by atoms with Gasteiger partial charge >= 0.3 is 0 Å². The van der Waals surface area contributed by atoms with Crippen LogP contribution in [-0.2, 0) is 0 Å². The highest BCUT2D eigenvalue weighted by atomic mass is 32.2. The molecule has 1 heterocycles. The molecule has 80 valence electrons. The van der Waals surface area contributed by atoms with E-state index in [0.717, 1.165) is 25.1 Å². The molecule has 1 aliphatic heterocycles. The third-order valence-corrected chi connectivity index (χ3v) is 4.34. The molecule has 0 bridgehead atoms. The highest BCUT2D eigenvalue weighted by molar-refractivity contribution is 7.99. The van der Waals surface area contributed by atoms with E-state index in [-0.39, 0.29) is 11.0 Å². The fourth-order valence-electron chi connectivity index (χ4n) is 1.81. The quantitative estimate of drug-likeness (QED) is 0.780. The second-order valence-corrected chi connectivity index (χ2v) is 5.74. The Hall–Kier alpha value is -0.200. The number of hydrogen-bond donors (Lipinski definition) is 1. The highest BCUT2D eigenvalue weighted by Gasteiger charge is 2.46. The van der Waals surface area contributed by atoms with Gasteiger partial charge in [-0.05, 0) is 30.6 Å². The number of nitriles is 1. The largest absolute Gasteiger partial charge is 0.298 e. The van der Waals surface area contributed by atoms with Crippen LogP contribution in [0.1, 0.15) is 33.6 Å². The van der Waals surface area contributed by atoms with Crippen molar-refractivity contribution in [3.8, 4) is 6.07 Å². The van der Waals surface area contributed by atoms with E-state index < -0.39 is 0 Å². The molecule has 0 spiro atoms. The van der Waals surface area contributed by atoms with Crippen molar-refractivity contribution in [2.24, 2.45) is 5.41 Å². The zero-order chi connectivity index (χ0) is 10.7. The van der Waals surface area contributed by atoms with E-state index >= 15 is 0 Å². The molecule has 1 fully saturated rings. The lowest BCUT2D eigenvalue weighted by Crippen LogP contribution is -2.59. The summed E-state index contributed by atoms with van der Waals surface area (Å²) in [4.78, 5) is 0. The van der Waals surface area contributed by atoms with Gasteiger partial charge in [0.1, 0.15) is 5.54 Å². The van der Waals surface area contributed by atoms with E-state index in [9.17, 15) is 5.26 Å². The first-order chi connectivity index (χ1) is 6.58. The van der Waals surface area contributed by atoms with E-state index in [2.05, 4.69) is 32.2 Å². The molecule has 0 amide bonds. The number of rotatable bonds is 3. The highest BCUT2D eigenvalue weighted by Crippen LogP contribution is 2.41. The van der Waals surface area contributed by atoms with Crippen LogP contribution in [0.3, 0.4) is 0 Å². The molecule has 3 heteroatoms. The van der Waals surface area contributed by atoms with E-state index in [1.54, 1.807) is 0 Å². The molecule has 0 aromatic carbocycles. The molecule has 0 aliphatic carbocycles. The average molecular weight is 212 g/mol. The van der Waals surface area contributed by atoms with Gasteiger partial charge in [0.25, 0.3) is 0 Å². The van der Waals surface area contributed by atoms with Crippen LogP contribution < -0.4 is 5.32 Å². The average Bonchev–Trinajstić information content (AvgIpc) is 2.16. The predicted molar refractivity (Wildman–Crippen MR) is 62.4 cm³/mol. The summed E-state index contributed by atoms with van der Waals surface area (Å²) in [6.45, 7) is 7.50. The van der Waals surface area contributed by atoms with E-state index in [4.69, 9.17) is 0 Å². The van der Waals surface area contributed by atoms with Crippen molar-refractivity contribution in [3.63, 3.8) is 0 Å². The Bertz CT molecular complexity index is 232. The second-order valence-electron chi connectivity index (χ2n) is 4.63. The predicted octanol–water partition coefficient (Wildman–Crippen LogP) is 2.41. The number of thioether (sulfide) groups is 1. The summed E-state index contributed by atoms with van der Waals surface area (Å²) >= 11 is 1.89. The summed E-state index contributed by atoms with van der Waals surface area (Å²) < 4.78 is 0. The maximum atomic E-state index is 9.38. The van der Waals surface area contributed by atoms with Crippen LogP contribution in [0.25, 0.3) is 0 Å². The summed E-state index contributed by atoms with van der Waals surface area (Å²) in [5.41, 5.74) is -0.214. The molecule has 2 nitrogen and oxygen atoms in total. The van der Waals surface area contributed by atoms with E-state index in [1.165, 1.54) is 5.75 Å². The molecule has 0 aromatic rings. The summed E-state index contributed by atoms with van der Waals surface area (Å²) in [6.07, 6.45) is 2.21. The van der Waals surface area contributed by atoms with Crippen LogP contribution in [0, 0.1) is 16.7 Å². The number of nitrogens with zero attached hydrogens (tertiary/aromatic N) is 1. The second kappa shape index (κ2) is 4.55. The van der Waals surface area contributed by atoms with Crippen LogP contribution in [0.4, 0.5) is 0 Å². The third kappa shape index (κ3) is 2.07. The smallest absolute Gasteiger partial charge is 0.121 e. The summed E-state index contributed by atoms with van der Waals surface area (Å²) in [5, 5.41) is 12.8. The SMILES string of the molecule is CCCNC1(C#N)CSCCC1(C)C. The topological polar surface area (TPSA) is 35.8 Å². The van der Waals surface area contributed by atoms with Gasteiger partial charge in [0.05, 0.1) is 6.07 Å². The molecule has 14 heavy (non-hydrogen) atoms. The van der Waals surface area contributed by atoms with Crippen LogP contribution in [0.5, 0.6) is 0 Å². The standard InChI is InChI=1S/C11H20N2S/c1-4-6-13-11(8-12)9-14-7-5-10(11,2)3/h13H,4-7,9H2,1-3H3. The maximum Gasteiger partial charge on any atom is 0.121 e. The van der Waals surface area contributed by atoms with Gasteiger partial charge in [-0.1, -0.05) is 20.8 Å². The Balaban J connectivity index is 2.79. The molecule has 1 rings (SSSR count). The van der Waals surface area contributed by atoms with Crippen molar-refractivity contribution < 1.29 is 0 Å². The molecular weight excluding hydrogens is 192 g/mol. The first kappa shape index (κ1) is 11.9. The molecule has 1 atom stereocenters. The van der Waals surface area contributed by atoms with Crippen molar-refractivity contribution in [2.75, 3.05) is 18.1 Å². The Morgan fingerprint density at radius 3 is 2.71 bits per heavy atom. The lowest BCUT2D eigenvalue weighted by atomic mass is 9.71. The zero-order valence-corrected chi connectivity index (χ0v) is 10.2. The lowest BCUT2D eigenvalue weighted by molar-refractivity contribution is 0.184. The van der Waals surface area contributed by atoms with Gasteiger partial charge in [-0.15, -0.1) is 0 Å². The van der Waals surface area contributed by atoms with Gasteiger partial charge < -0.3 is 0 Å². The first-order valence-electron chi connectivity index (χ1n) is 5.32. The van der Waals surface area contributed by atoms with Crippen molar-refractivity contribution in [3.05, 3.63) is 0 Å². The van der Waals surface area contributed by atoms with Crippen molar-refractivity contribution in [1.29, 1.82) is 5.26 Å². The van der Waals surface area contributed by atoms with Crippen LogP contribution in [-0.4, -0.2) is 23.6 Å². The Labute approximate surface area is 91.4 Å². The van der Waals surface area contributed by atoms with Crippen LogP contribution in [0.15, 0.2) is 0 Å². The van der Waals surface area contributed by atoms with Gasteiger partial charge in [-0.3, -0.25) is 5.32 Å². The number of hydrogen-bond acceptors (Lipinski definition) is 3. The monoisotopic (exact) mass is 212 g/mol. The van der Waals surface area contributed by atoms with Gasteiger partial charge in [-0.2, -0.15) is 17.0 Å².